The maximum absolute atomic E-state index is 12.7. The van der Waals surface area contributed by atoms with Gasteiger partial charge >= 0.3 is 0 Å². The number of nitrogens with two attached hydrogens (primary N) is 1. The normalized spacial score (nSPS) is 11.2. The summed E-state index contributed by atoms with van der Waals surface area (Å²) in [4.78, 5) is 23.6. The van der Waals surface area contributed by atoms with Crippen LogP contribution in [0.1, 0.15) is 29.8 Å². The molecule has 25 heavy (non-hydrogen) atoms. The highest BCUT2D eigenvalue weighted by atomic mass is 16.1. The number of fused-ring (bicyclic) bond motifs is 1. The second kappa shape index (κ2) is 6.51. The zero-order chi connectivity index (χ0) is 18.1. The van der Waals surface area contributed by atoms with Crippen LogP contribution in [0.5, 0.6) is 0 Å². The number of rotatable bonds is 5. The fourth-order valence-corrected chi connectivity index (χ4v) is 2.98. The van der Waals surface area contributed by atoms with Gasteiger partial charge in [-0.05, 0) is 39.3 Å². The van der Waals surface area contributed by atoms with Crippen molar-refractivity contribution in [2.75, 3.05) is 0 Å². The monoisotopic (exact) mass is 339 g/mol. The molecule has 0 aliphatic carbocycles. The molecule has 3 rings (SSSR count). The molecule has 3 aromatic rings. The summed E-state index contributed by atoms with van der Waals surface area (Å²) in [5.41, 5.74) is 8.97. The number of carbonyl (C=O) groups excluding carboxylic acids is 1. The lowest BCUT2D eigenvalue weighted by Crippen LogP contribution is -2.25. The molecular formula is C18H21N5O2. The summed E-state index contributed by atoms with van der Waals surface area (Å²) >= 11 is 0. The molecule has 1 amide bonds. The van der Waals surface area contributed by atoms with Crippen molar-refractivity contribution in [1.82, 2.24) is 19.6 Å². The predicted octanol–water partition coefficient (Wildman–Crippen LogP) is 1.77. The second-order valence-corrected chi connectivity index (χ2v) is 6.24. The summed E-state index contributed by atoms with van der Waals surface area (Å²) in [5.74, 6) is -0.384. The lowest BCUT2D eigenvalue weighted by molar-refractivity contribution is -0.118. The van der Waals surface area contributed by atoms with E-state index in [0.29, 0.717) is 18.5 Å². The Kier molecular flexibility index (Phi) is 4.39. The molecule has 0 unspecified atom stereocenters. The number of hydrogen-bond acceptors (Lipinski definition) is 4. The average Bonchev–Trinajstić information content (AvgIpc) is 2.91. The average molecular weight is 339 g/mol. The number of aryl methyl sites for hydroxylation is 4. The van der Waals surface area contributed by atoms with Gasteiger partial charge in [0.05, 0.1) is 22.5 Å². The number of benzene rings is 1. The molecule has 2 N–H and O–H groups in total. The molecule has 7 nitrogen and oxygen atoms in total. The molecule has 0 radical (unpaired) electrons. The van der Waals surface area contributed by atoms with Crippen LogP contribution in [0.3, 0.4) is 0 Å². The van der Waals surface area contributed by atoms with Crippen LogP contribution < -0.4 is 11.3 Å². The second-order valence-electron chi connectivity index (χ2n) is 6.24. The molecule has 2 aromatic heterocycles. The van der Waals surface area contributed by atoms with Crippen LogP contribution in [-0.2, 0) is 11.3 Å². The van der Waals surface area contributed by atoms with Gasteiger partial charge in [-0.1, -0.05) is 17.7 Å². The first-order valence-corrected chi connectivity index (χ1v) is 8.21. The summed E-state index contributed by atoms with van der Waals surface area (Å²) < 4.78 is 3.14. The van der Waals surface area contributed by atoms with Gasteiger partial charge in [-0.25, -0.2) is 9.36 Å². The maximum Gasteiger partial charge on any atom is 0.295 e. The zero-order valence-corrected chi connectivity index (χ0v) is 14.6. The van der Waals surface area contributed by atoms with Crippen molar-refractivity contribution in [2.24, 2.45) is 5.73 Å². The molecule has 0 fully saturated rings. The Morgan fingerprint density at radius 1 is 1.12 bits per heavy atom. The van der Waals surface area contributed by atoms with E-state index >= 15 is 0 Å². The largest absolute Gasteiger partial charge is 0.370 e. The van der Waals surface area contributed by atoms with Gasteiger partial charge in [-0.2, -0.15) is 10.2 Å². The standard InChI is InChI=1S/C18H21N5O2/c1-11-6-8-14(9-7-11)23-13(3)16-12(2)20-22(10-4-5-15(19)24)18(25)17(16)21-23/h6-9H,4-5,10H2,1-3H3,(H2,19,24). The van der Waals surface area contributed by atoms with Gasteiger partial charge in [0.2, 0.25) is 5.91 Å². The Bertz CT molecular complexity index is 999. The van der Waals surface area contributed by atoms with E-state index in [-0.39, 0.29) is 17.9 Å². The fourth-order valence-electron chi connectivity index (χ4n) is 2.98. The molecule has 0 atom stereocenters. The molecule has 0 bridgehead atoms. The van der Waals surface area contributed by atoms with E-state index in [1.54, 1.807) is 4.68 Å². The first kappa shape index (κ1) is 16.9. The molecule has 0 saturated carbocycles. The number of aromatic nitrogens is 4. The third kappa shape index (κ3) is 3.17. The maximum atomic E-state index is 12.7. The van der Waals surface area contributed by atoms with Crippen LogP contribution in [0, 0.1) is 20.8 Å². The third-order valence-corrected chi connectivity index (χ3v) is 4.26. The quantitative estimate of drug-likeness (QED) is 0.766. The Morgan fingerprint density at radius 3 is 2.44 bits per heavy atom. The predicted molar refractivity (Wildman–Crippen MR) is 95.8 cm³/mol. The van der Waals surface area contributed by atoms with E-state index in [9.17, 15) is 9.59 Å². The molecule has 0 saturated heterocycles. The van der Waals surface area contributed by atoms with E-state index in [2.05, 4.69) is 10.2 Å². The number of carbonyl (C=O) groups is 1. The van der Waals surface area contributed by atoms with E-state index in [1.807, 2.05) is 45.0 Å². The number of nitrogens with zero attached hydrogens (tertiary/aromatic N) is 4. The summed E-state index contributed by atoms with van der Waals surface area (Å²) in [6.07, 6.45) is 0.701. The van der Waals surface area contributed by atoms with Crippen molar-refractivity contribution < 1.29 is 4.79 Å². The van der Waals surface area contributed by atoms with Crippen LogP contribution in [-0.4, -0.2) is 25.5 Å². The van der Waals surface area contributed by atoms with Crippen LogP contribution >= 0.6 is 0 Å². The third-order valence-electron chi connectivity index (χ3n) is 4.26. The molecule has 130 valence electrons. The Hall–Kier alpha value is -2.96. The molecule has 0 aliphatic rings. The fraction of sp³-hybridized carbons (Fsp3) is 0.333. The van der Waals surface area contributed by atoms with Crippen LogP contribution in [0.4, 0.5) is 0 Å². The molecular weight excluding hydrogens is 318 g/mol. The summed E-state index contributed by atoms with van der Waals surface area (Å²) in [6, 6.07) is 7.97. The SMILES string of the molecule is Cc1ccc(-n2nc3c(=O)n(CCCC(N)=O)nc(C)c3c2C)cc1. The van der Waals surface area contributed by atoms with Crippen molar-refractivity contribution in [2.45, 2.75) is 40.2 Å². The van der Waals surface area contributed by atoms with Crippen molar-refractivity contribution >= 4 is 16.8 Å². The first-order chi connectivity index (χ1) is 11.9. The van der Waals surface area contributed by atoms with Gasteiger partial charge in [0, 0.05) is 13.0 Å². The van der Waals surface area contributed by atoms with Gasteiger partial charge in [-0.15, -0.1) is 0 Å². The lowest BCUT2D eigenvalue weighted by atomic mass is 10.2. The highest BCUT2D eigenvalue weighted by Crippen LogP contribution is 2.21. The van der Waals surface area contributed by atoms with Gasteiger partial charge in [0.1, 0.15) is 0 Å². The number of amides is 1. The molecule has 7 heteroatoms. The van der Waals surface area contributed by atoms with Crippen LogP contribution in [0.15, 0.2) is 29.1 Å². The minimum atomic E-state index is -0.384. The van der Waals surface area contributed by atoms with Gasteiger partial charge < -0.3 is 5.73 Å². The topological polar surface area (TPSA) is 95.8 Å². The van der Waals surface area contributed by atoms with Crippen molar-refractivity contribution in [3.63, 3.8) is 0 Å². The molecule has 1 aromatic carbocycles. The van der Waals surface area contributed by atoms with Crippen LogP contribution in [0.25, 0.3) is 16.6 Å². The summed E-state index contributed by atoms with van der Waals surface area (Å²) in [7, 11) is 0. The Morgan fingerprint density at radius 2 is 1.80 bits per heavy atom. The minimum Gasteiger partial charge on any atom is -0.370 e. The smallest absolute Gasteiger partial charge is 0.295 e. The molecule has 0 spiro atoms. The van der Waals surface area contributed by atoms with E-state index in [4.69, 9.17) is 5.73 Å². The Balaban J connectivity index is 2.09. The van der Waals surface area contributed by atoms with E-state index in [1.165, 1.54) is 4.68 Å². The van der Waals surface area contributed by atoms with Gasteiger partial charge in [0.25, 0.3) is 5.56 Å². The lowest BCUT2D eigenvalue weighted by Gasteiger charge is -2.06. The van der Waals surface area contributed by atoms with Crippen molar-refractivity contribution in [3.05, 3.63) is 51.6 Å². The number of primary amides is 1. The minimum absolute atomic E-state index is 0.224. The number of hydrogen-bond donors (Lipinski definition) is 1. The molecule has 2 heterocycles. The van der Waals surface area contributed by atoms with Gasteiger partial charge in [-0.3, -0.25) is 9.59 Å². The van der Waals surface area contributed by atoms with Crippen molar-refractivity contribution in [3.8, 4) is 5.69 Å². The zero-order valence-electron chi connectivity index (χ0n) is 14.6. The van der Waals surface area contributed by atoms with E-state index < -0.39 is 0 Å². The summed E-state index contributed by atoms with van der Waals surface area (Å²) in [6.45, 7) is 6.16. The van der Waals surface area contributed by atoms with Crippen molar-refractivity contribution in [1.29, 1.82) is 0 Å². The first-order valence-electron chi connectivity index (χ1n) is 8.21. The molecule has 0 aliphatic heterocycles. The Labute approximate surface area is 145 Å². The highest BCUT2D eigenvalue weighted by molar-refractivity contribution is 5.83. The van der Waals surface area contributed by atoms with E-state index in [0.717, 1.165) is 28.0 Å². The summed E-state index contributed by atoms with van der Waals surface area (Å²) in [5, 5.41) is 9.68. The van der Waals surface area contributed by atoms with Crippen LogP contribution in [0.2, 0.25) is 0 Å². The highest BCUT2D eigenvalue weighted by Gasteiger charge is 2.17. The van der Waals surface area contributed by atoms with Gasteiger partial charge in [0.15, 0.2) is 5.52 Å².